The lowest BCUT2D eigenvalue weighted by Crippen LogP contribution is -1.98. The SMILES string of the molecule is CCCc1sc2c(NCc3cncs3)cnnc2c1C. The molecule has 0 saturated heterocycles. The lowest BCUT2D eigenvalue weighted by Gasteiger charge is -2.04. The van der Waals surface area contributed by atoms with Crippen LogP contribution in [0.15, 0.2) is 17.9 Å². The van der Waals surface area contributed by atoms with Crippen molar-refractivity contribution < 1.29 is 0 Å². The maximum absolute atomic E-state index is 4.30. The van der Waals surface area contributed by atoms with Crippen molar-refractivity contribution in [1.82, 2.24) is 15.2 Å². The van der Waals surface area contributed by atoms with Gasteiger partial charge in [-0.15, -0.1) is 27.8 Å². The van der Waals surface area contributed by atoms with E-state index < -0.39 is 0 Å². The number of thiazole rings is 1. The van der Waals surface area contributed by atoms with Crippen LogP contribution in [0.5, 0.6) is 0 Å². The van der Waals surface area contributed by atoms with Crippen LogP contribution in [0, 0.1) is 6.92 Å². The topological polar surface area (TPSA) is 50.7 Å². The van der Waals surface area contributed by atoms with Gasteiger partial charge in [-0.1, -0.05) is 13.3 Å². The van der Waals surface area contributed by atoms with Gasteiger partial charge in [-0.25, -0.2) is 0 Å². The van der Waals surface area contributed by atoms with E-state index in [4.69, 9.17) is 0 Å². The number of anilines is 1. The predicted octanol–water partition coefficient (Wildman–Crippen LogP) is 4.02. The van der Waals surface area contributed by atoms with Gasteiger partial charge in [-0.3, -0.25) is 4.98 Å². The Morgan fingerprint density at radius 3 is 2.95 bits per heavy atom. The molecule has 6 heteroatoms. The third-order valence-electron chi connectivity index (χ3n) is 3.22. The van der Waals surface area contributed by atoms with Crippen LogP contribution in [-0.4, -0.2) is 15.2 Å². The van der Waals surface area contributed by atoms with E-state index in [1.165, 1.54) is 20.0 Å². The fraction of sp³-hybridized carbons (Fsp3) is 0.357. The van der Waals surface area contributed by atoms with Crippen LogP contribution in [0.25, 0.3) is 10.2 Å². The van der Waals surface area contributed by atoms with Gasteiger partial charge in [0.2, 0.25) is 0 Å². The molecule has 0 fully saturated rings. The molecular weight excluding hydrogens is 288 g/mol. The van der Waals surface area contributed by atoms with E-state index in [-0.39, 0.29) is 0 Å². The highest BCUT2D eigenvalue weighted by atomic mass is 32.1. The number of aryl methyl sites for hydroxylation is 2. The Labute approximate surface area is 125 Å². The molecule has 0 aliphatic rings. The van der Waals surface area contributed by atoms with Gasteiger partial charge in [0.1, 0.15) is 5.52 Å². The maximum Gasteiger partial charge on any atom is 0.109 e. The summed E-state index contributed by atoms with van der Waals surface area (Å²) in [6, 6.07) is 0. The van der Waals surface area contributed by atoms with E-state index >= 15 is 0 Å². The molecular formula is C14H16N4S2. The number of hydrogen-bond donors (Lipinski definition) is 1. The number of aromatic nitrogens is 3. The molecule has 20 heavy (non-hydrogen) atoms. The molecule has 3 aromatic rings. The Kier molecular flexibility index (Phi) is 3.93. The summed E-state index contributed by atoms with van der Waals surface area (Å²) in [5.41, 5.74) is 5.24. The fourth-order valence-electron chi connectivity index (χ4n) is 2.16. The molecule has 3 heterocycles. The molecule has 0 radical (unpaired) electrons. The van der Waals surface area contributed by atoms with Gasteiger partial charge in [0.15, 0.2) is 0 Å². The predicted molar refractivity (Wildman–Crippen MR) is 85.6 cm³/mol. The van der Waals surface area contributed by atoms with Crippen molar-refractivity contribution in [2.24, 2.45) is 0 Å². The molecule has 3 aromatic heterocycles. The van der Waals surface area contributed by atoms with Gasteiger partial charge >= 0.3 is 0 Å². The van der Waals surface area contributed by atoms with Crippen LogP contribution in [0.4, 0.5) is 5.69 Å². The molecule has 104 valence electrons. The van der Waals surface area contributed by atoms with Crippen LogP contribution in [0.2, 0.25) is 0 Å². The molecule has 4 nitrogen and oxygen atoms in total. The summed E-state index contributed by atoms with van der Waals surface area (Å²) in [4.78, 5) is 6.73. The van der Waals surface area contributed by atoms with Gasteiger partial charge in [-0.05, 0) is 18.9 Å². The number of fused-ring (bicyclic) bond motifs is 1. The van der Waals surface area contributed by atoms with Crippen molar-refractivity contribution in [1.29, 1.82) is 0 Å². The lowest BCUT2D eigenvalue weighted by atomic mass is 10.2. The summed E-state index contributed by atoms with van der Waals surface area (Å²) < 4.78 is 1.21. The number of thiophene rings is 1. The Bertz CT molecular complexity index is 703. The molecule has 0 aliphatic heterocycles. The number of rotatable bonds is 5. The molecule has 0 aromatic carbocycles. The van der Waals surface area contributed by atoms with Gasteiger partial charge in [0.05, 0.1) is 28.6 Å². The largest absolute Gasteiger partial charge is 0.378 e. The van der Waals surface area contributed by atoms with Crippen LogP contribution in [0.1, 0.15) is 28.7 Å². The molecule has 0 aliphatic carbocycles. The fourth-order valence-corrected chi connectivity index (χ4v) is 4.02. The quantitative estimate of drug-likeness (QED) is 0.773. The van der Waals surface area contributed by atoms with E-state index in [2.05, 4.69) is 34.3 Å². The highest BCUT2D eigenvalue weighted by molar-refractivity contribution is 7.19. The Hall–Kier alpha value is -1.53. The van der Waals surface area contributed by atoms with Crippen LogP contribution in [0.3, 0.4) is 0 Å². The maximum atomic E-state index is 4.30. The summed E-state index contributed by atoms with van der Waals surface area (Å²) in [5.74, 6) is 0. The number of nitrogens with zero attached hydrogens (tertiary/aromatic N) is 3. The zero-order valence-corrected chi connectivity index (χ0v) is 13.1. The van der Waals surface area contributed by atoms with Crippen molar-refractivity contribution in [3.63, 3.8) is 0 Å². The minimum Gasteiger partial charge on any atom is -0.378 e. The van der Waals surface area contributed by atoms with Crippen molar-refractivity contribution in [3.8, 4) is 0 Å². The Morgan fingerprint density at radius 2 is 2.20 bits per heavy atom. The van der Waals surface area contributed by atoms with Crippen molar-refractivity contribution in [2.75, 3.05) is 5.32 Å². The highest BCUT2D eigenvalue weighted by Gasteiger charge is 2.13. The van der Waals surface area contributed by atoms with Crippen LogP contribution in [-0.2, 0) is 13.0 Å². The molecule has 0 saturated carbocycles. The van der Waals surface area contributed by atoms with Gasteiger partial charge in [0, 0.05) is 16.0 Å². The van der Waals surface area contributed by atoms with Crippen molar-refractivity contribution in [3.05, 3.63) is 33.2 Å². The van der Waals surface area contributed by atoms with Crippen molar-refractivity contribution >= 4 is 38.6 Å². The first kappa shape index (κ1) is 13.5. The summed E-state index contributed by atoms with van der Waals surface area (Å²) in [6.45, 7) is 5.13. The molecule has 0 spiro atoms. The number of hydrogen-bond acceptors (Lipinski definition) is 6. The second-order valence-electron chi connectivity index (χ2n) is 4.66. The van der Waals surface area contributed by atoms with E-state index in [0.717, 1.165) is 30.6 Å². The normalized spacial score (nSPS) is 11.1. The van der Waals surface area contributed by atoms with Crippen LogP contribution < -0.4 is 5.32 Å². The van der Waals surface area contributed by atoms with Gasteiger partial charge in [0.25, 0.3) is 0 Å². The Morgan fingerprint density at radius 1 is 1.30 bits per heavy atom. The zero-order chi connectivity index (χ0) is 13.9. The second-order valence-corrected chi connectivity index (χ2v) is 6.73. The third-order valence-corrected chi connectivity index (χ3v) is 5.37. The van der Waals surface area contributed by atoms with Gasteiger partial charge < -0.3 is 5.32 Å². The molecule has 0 amide bonds. The van der Waals surface area contributed by atoms with Gasteiger partial charge in [-0.2, -0.15) is 5.10 Å². The summed E-state index contributed by atoms with van der Waals surface area (Å²) in [6.07, 6.45) is 5.98. The minimum absolute atomic E-state index is 0.783. The zero-order valence-electron chi connectivity index (χ0n) is 11.5. The first-order valence-electron chi connectivity index (χ1n) is 6.64. The molecule has 3 rings (SSSR count). The van der Waals surface area contributed by atoms with E-state index in [1.807, 2.05) is 29.2 Å². The average molecular weight is 304 g/mol. The highest BCUT2D eigenvalue weighted by Crippen LogP contribution is 2.34. The third kappa shape index (κ3) is 2.53. The van der Waals surface area contributed by atoms with E-state index in [0.29, 0.717) is 0 Å². The summed E-state index contributed by atoms with van der Waals surface area (Å²) in [7, 11) is 0. The first-order valence-corrected chi connectivity index (χ1v) is 8.34. The summed E-state index contributed by atoms with van der Waals surface area (Å²) in [5, 5.41) is 11.9. The lowest BCUT2D eigenvalue weighted by molar-refractivity contribution is 0.932. The number of nitrogens with one attached hydrogen (secondary N) is 1. The monoisotopic (exact) mass is 304 g/mol. The average Bonchev–Trinajstić information content (AvgIpc) is 3.07. The molecule has 0 unspecified atom stereocenters. The molecule has 0 atom stereocenters. The smallest absolute Gasteiger partial charge is 0.109 e. The Balaban J connectivity index is 1.92. The standard InChI is InChI=1S/C14H16N4S2/c1-3-4-12-9(2)13-14(20-12)11(7-17-18-13)16-6-10-5-15-8-19-10/h5,7-8H,3-4,6H2,1-2H3,(H,16,18). The second kappa shape index (κ2) is 5.85. The minimum atomic E-state index is 0.783. The van der Waals surface area contributed by atoms with E-state index in [1.54, 1.807) is 11.3 Å². The first-order chi connectivity index (χ1) is 9.79. The van der Waals surface area contributed by atoms with Crippen LogP contribution >= 0.6 is 22.7 Å². The van der Waals surface area contributed by atoms with Crippen molar-refractivity contribution in [2.45, 2.75) is 33.2 Å². The molecule has 1 N–H and O–H groups in total. The summed E-state index contributed by atoms with van der Waals surface area (Å²) >= 11 is 3.49. The van der Waals surface area contributed by atoms with E-state index in [9.17, 15) is 0 Å². The molecule has 0 bridgehead atoms.